The molecule has 0 aliphatic carbocycles. The quantitative estimate of drug-likeness (QED) is 0.201. The first-order chi connectivity index (χ1) is 3.15. The molecule has 0 saturated carbocycles. The molecule has 0 aliphatic heterocycles. The molecule has 0 atom stereocenters. The molecule has 0 bridgehead atoms. The van der Waals surface area contributed by atoms with Crippen molar-refractivity contribution >= 4 is 87.5 Å². The van der Waals surface area contributed by atoms with Gasteiger partial charge >= 0.3 is 68.9 Å². The molecule has 0 saturated heterocycles. The van der Waals surface area contributed by atoms with Crippen LogP contribution < -0.4 is 11.5 Å². The SMILES string of the molecule is F.F.F.N#CS.N=C(N)N.[CsH]. The van der Waals surface area contributed by atoms with E-state index in [1.165, 1.54) is 5.40 Å². The summed E-state index contributed by atoms with van der Waals surface area (Å²) in [7, 11) is 0. The molecule has 9 heteroatoms. The van der Waals surface area contributed by atoms with Gasteiger partial charge in [-0.3, -0.25) is 19.5 Å². The fourth-order valence-corrected chi connectivity index (χ4v) is 0. The molecular formula is C2H10CsF3N4S. The number of halogens is 3. The number of nitrogens with two attached hydrogens (primary N) is 2. The van der Waals surface area contributed by atoms with Gasteiger partial charge in [-0.2, -0.15) is 5.26 Å². The first kappa shape index (κ1) is 40.5. The number of thiol groups is 1. The van der Waals surface area contributed by atoms with E-state index >= 15 is 0 Å². The number of nitrogens with one attached hydrogen (secondary N) is 1. The van der Waals surface area contributed by atoms with Crippen molar-refractivity contribution < 1.29 is 14.1 Å². The third-order valence-electron chi connectivity index (χ3n) is 0. The molecule has 0 aromatic rings. The predicted molar refractivity (Wildman–Crippen MR) is 45.4 cm³/mol. The monoisotopic (exact) mass is 312 g/mol. The number of nitriles is 1. The third-order valence-corrected chi connectivity index (χ3v) is 0. The van der Waals surface area contributed by atoms with E-state index in [0.717, 1.165) is 0 Å². The minimum atomic E-state index is -0.333. The van der Waals surface area contributed by atoms with Crippen LogP contribution in [0, 0.1) is 16.1 Å². The Morgan fingerprint density at radius 3 is 1.27 bits per heavy atom. The Hall–Kier alpha value is 0.952. The molecular weight excluding hydrogens is 302 g/mol. The Balaban J connectivity index is -0.00000000848. The molecule has 0 rings (SSSR count). The number of nitrogens with zero attached hydrogens (tertiary/aromatic N) is 1. The zero-order valence-corrected chi connectivity index (χ0v) is 5.67. The normalized spacial score (nSPS) is 2.91. The average molecular weight is 312 g/mol. The van der Waals surface area contributed by atoms with E-state index in [9.17, 15) is 0 Å². The zero-order valence-electron chi connectivity index (χ0n) is 4.77. The van der Waals surface area contributed by atoms with Crippen molar-refractivity contribution in [2.45, 2.75) is 0 Å². The zero-order chi connectivity index (χ0) is 6.28. The summed E-state index contributed by atoms with van der Waals surface area (Å²) in [6.07, 6.45) is 0. The number of guanidine groups is 1. The molecule has 0 aromatic heterocycles. The Morgan fingerprint density at radius 2 is 1.27 bits per heavy atom. The van der Waals surface area contributed by atoms with Crippen molar-refractivity contribution in [2.24, 2.45) is 11.5 Å². The summed E-state index contributed by atoms with van der Waals surface area (Å²) < 4.78 is 0. The van der Waals surface area contributed by atoms with E-state index in [2.05, 4.69) is 24.1 Å². The summed E-state index contributed by atoms with van der Waals surface area (Å²) in [5.74, 6) is -0.333. The Morgan fingerprint density at radius 1 is 1.27 bits per heavy atom. The van der Waals surface area contributed by atoms with Crippen LogP contribution in [0.1, 0.15) is 0 Å². The van der Waals surface area contributed by atoms with Crippen LogP contribution in [0.2, 0.25) is 0 Å². The van der Waals surface area contributed by atoms with Gasteiger partial charge in [0.25, 0.3) is 0 Å². The topological polar surface area (TPSA) is 99.7 Å². The molecule has 11 heavy (non-hydrogen) atoms. The molecule has 0 fully saturated rings. The first-order valence-electron chi connectivity index (χ1n) is 1.27. The second kappa shape index (κ2) is 44.2. The van der Waals surface area contributed by atoms with Gasteiger partial charge in [-0.05, 0) is 0 Å². The van der Waals surface area contributed by atoms with E-state index in [4.69, 9.17) is 10.7 Å². The van der Waals surface area contributed by atoms with E-state index in [0.29, 0.717) is 0 Å². The fourth-order valence-electron chi connectivity index (χ4n) is 0. The van der Waals surface area contributed by atoms with Gasteiger partial charge in [-0.1, -0.05) is 12.6 Å². The van der Waals surface area contributed by atoms with Gasteiger partial charge in [0, 0.05) is 0 Å². The van der Waals surface area contributed by atoms with Crippen molar-refractivity contribution in [3.05, 3.63) is 0 Å². The van der Waals surface area contributed by atoms with Crippen LogP contribution in [-0.2, 0) is 0 Å². The maximum absolute atomic E-state index is 7.18. The van der Waals surface area contributed by atoms with Crippen LogP contribution in [0.4, 0.5) is 14.1 Å². The molecule has 0 amide bonds. The predicted octanol–water partition coefficient (Wildman–Crippen LogP) is -0.955. The van der Waals surface area contributed by atoms with Crippen LogP contribution in [0.3, 0.4) is 0 Å². The number of hydrogen-bond acceptors (Lipinski definition) is 3. The summed E-state index contributed by atoms with van der Waals surface area (Å²) in [6, 6.07) is 0. The molecule has 66 valence electrons. The van der Waals surface area contributed by atoms with Crippen molar-refractivity contribution in [2.75, 3.05) is 0 Å². The molecule has 0 spiro atoms. The fraction of sp³-hybridized carbons (Fsp3) is 0. The van der Waals surface area contributed by atoms with Gasteiger partial charge < -0.3 is 11.5 Å². The summed E-state index contributed by atoms with van der Waals surface area (Å²) in [6.45, 7) is 0. The molecule has 0 unspecified atom stereocenters. The van der Waals surface area contributed by atoms with Gasteiger partial charge in [0.15, 0.2) is 5.96 Å². The summed E-state index contributed by atoms with van der Waals surface area (Å²) in [4.78, 5) is 0. The number of hydrogen-bond donors (Lipinski definition) is 4. The minimum absolute atomic E-state index is 0. The number of thiocyanates is 1. The van der Waals surface area contributed by atoms with Gasteiger partial charge in [-0.15, -0.1) is 0 Å². The summed E-state index contributed by atoms with van der Waals surface area (Å²) in [5, 5.41) is 14.7. The van der Waals surface area contributed by atoms with Crippen molar-refractivity contribution in [1.82, 2.24) is 0 Å². The van der Waals surface area contributed by atoms with Crippen molar-refractivity contribution in [3.63, 3.8) is 0 Å². The Kier molecular flexibility index (Phi) is 163. The standard InChI is InChI=1S/CH5N3.CHNS.Cs.3FH.H/c2-1(3)4;2-1-3;;;;;/h(H5,2,3,4);3H;;3*1H;. The molecule has 4 nitrogen and oxygen atoms in total. The average Bonchev–Trinajstić information content (AvgIpc) is 1.33. The second-order valence-electron chi connectivity index (χ2n) is 0.555. The van der Waals surface area contributed by atoms with Gasteiger partial charge in [0.05, 0.1) is 0 Å². The van der Waals surface area contributed by atoms with E-state index in [1.54, 1.807) is 0 Å². The van der Waals surface area contributed by atoms with Crippen LogP contribution in [-0.4, -0.2) is 74.9 Å². The Bertz CT molecular complexity index is 91.8. The van der Waals surface area contributed by atoms with E-state index in [-0.39, 0.29) is 89.0 Å². The van der Waals surface area contributed by atoms with Crippen LogP contribution in [0.15, 0.2) is 0 Å². The molecule has 0 aromatic carbocycles. The van der Waals surface area contributed by atoms with Gasteiger partial charge in [0.2, 0.25) is 0 Å². The third kappa shape index (κ3) is 969. The Labute approximate surface area is 127 Å². The van der Waals surface area contributed by atoms with E-state index in [1.807, 2.05) is 0 Å². The molecule has 0 aliphatic rings. The number of rotatable bonds is 0. The van der Waals surface area contributed by atoms with Gasteiger partial charge in [-0.25, -0.2) is 0 Å². The summed E-state index contributed by atoms with van der Waals surface area (Å²) in [5.41, 5.74) is 8.94. The van der Waals surface area contributed by atoms with E-state index < -0.39 is 0 Å². The second-order valence-corrected chi connectivity index (χ2v) is 0.755. The molecule has 5 N–H and O–H groups in total. The van der Waals surface area contributed by atoms with Crippen LogP contribution in [0.25, 0.3) is 0 Å². The molecule has 0 heterocycles. The maximum atomic E-state index is 7.18. The first-order valence-corrected chi connectivity index (χ1v) is 1.72. The van der Waals surface area contributed by atoms with Crippen LogP contribution >= 0.6 is 12.6 Å². The van der Waals surface area contributed by atoms with Gasteiger partial charge in [0.1, 0.15) is 5.40 Å². The molecule has 0 radical (unpaired) electrons. The van der Waals surface area contributed by atoms with Crippen LogP contribution in [0.5, 0.6) is 0 Å². The summed E-state index contributed by atoms with van der Waals surface area (Å²) >= 11 is 3.09. The van der Waals surface area contributed by atoms with Crippen molar-refractivity contribution in [3.8, 4) is 5.40 Å². The van der Waals surface area contributed by atoms with Crippen molar-refractivity contribution in [1.29, 1.82) is 10.7 Å².